The number of halogens is 5. The number of aliphatic hydroxyl groups is 1. The second-order valence-electron chi connectivity index (χ2n) is 6.31. The highest BCUT2D eigenvalue weighted by Crippen LogP contribution is 2.51. The van der Waals surface area contributed by atoms with Crippen molar-refractivity contribution < 1.29 is 45.0 Å². The molecular weight excluding hydrogens is 387 g/mol. The van der Waals surface area contributed by atoms with Crippen LogP contribution in [0.2, 0.25) is 0 Å². The highest BCUT2D eigenvalue weighted by atomic mass is 32.2. The zero-order chi connectivity index (χ0) is 19.5. The summed E-state index contributed by atoms with van der Waals surface area (Å²) in [6, 6.07) is 1.47. The fourth-order valence-corrected chi connectivity index (χ4v) is 4.12. The van der Waals surface area contributed by atoms with Crippen molar-refractivity contribution in [2.24, 2.45) is 0 Å². The number of benzene rings is 1. The smallest absolute Gasteiger partial charge is 0.490 e. The number of hydrogen-bond donors (Lipinski definition) is 1. The van der Waals surface area contributed by atoms with Crippen LogP contribution in [-0.2, 0) is 21.0 Å². The van der Waals surface area contributed by atoms with Gasteiger partial charge in [0.1, 0.15) is 18.0 Å². The molecule has 146 valence electrons. The van der Waals surface area contributed by atoms with Crippen LogP contribution in [0.25, 0.3) is 0 Å². The number of methoxy groups -OCH3 is 1. The Labute approximate surface area is 145 Å². The van der Waals surface area contributed by atoms with Crippen molar-refractivity contribution in [3.63, 3.8) is 0 Å². The Morgan fingerprint density at radius 1 is 1.19 bits per heavy atom. The maximum atomic E-state index is 13.9. The van der Waals surface area contributed by atoms with Gasteiger partial charge in [0.05, 0.1) is 11.0 Å². The minimum Gasteiger partial charge on any atom is -0.490 e. The van der Waals surface area contributed by atoms with Crippen molar-refractivity contribution >= 4 is 9.84 Å². The minimum absolute atomic E-state index is 0.0649. The summed E-state index contributed by atoms with van der Waals surface area (Å²) in [5.74, 6) is -3.95. The van der Waals surface area contributed by atoms with Crippen LogP contribution in [0.5, 0.6) is 5.75 Å². The first-order chi connectivity index (χ1) is 11.9. The third kappa shape index (κ3) is 2.95. The zero-order valence-electron chi connectivity index (χ0n) is 13.4. The van der Waals surface area contributed by atoms with Gasteiger partial charge in [0.2, 0.25) is 0 Å². The van der Waals surface area contributed by atoms with Crippen LogP contribution in [0.4, 0.5) is 22.0 Å². The van der Waals surface area contributed by atoms with Gasteiger partial charge in [-0.3, -0.25) is 0 Å². The number of fused-ring (bicyclic) bond motifs is 1. The summed E-state index contributed by atoms with van der Waals surface area (Å²) in [4.78, 5) is -1.37. The topological polar surface area (TPSA) is 72.8 Å². The normalized spacial score (nSPS) is 27.7. The average molecular weight is 402 g/mol. The molecule has 1 aromatic rings. The molecule has 2 aliphatic rings. The molecule has 5 nitrogen and oxygen atoms in total. The van der Waals surface area contributed by atoms with Crippen LogP contribution in [0, 0.1) is 0 Å². The predicted octanol–water partition coefficient (Wildman–Crippen LogP) is 2.76. The lowest BCUT2D eigenvalue weighted by Gasteiger charge is -2.34. The molecule has 0 aliphatic heterocycles. The van der Waals surface area contributed by atoms with Gasteiger partial charge >= 0.3 is 5.51 Å². The molecule has 0 unspecified atom stereocenters. The fraction of sp³-hybridized carbons (Fsp3) is 0.600. The number of rotatable bonds is 4. The lowest BCUT2D eigenvalue weighted by atomic mass is 9.92. The number of sulfone groups is 1. The standard InChI is InChI=1S/C15H15F5O5S/c1-24-7-4-8(5-7)25-10-2-3-11(26(22,23)15(18,19)20)12-9(10)6-14(16,17)13(12)21/h2-3,7-8,13,21H,4-6H2,1H3/t7-,8-,13-/m0/s1. The van der Waals surface area contributed by atoms with E-state index in [1.54, 1.807) is 0 Å². The zero-order valence-corrected chi connectivity index (χ0v) is 14.2. The van der Waals surface area contributed by atoms with Gasteiger partial charge in [-0.2, -0.15) is 13.2 Å². The van der Waals surface area contributed by atoms with Gasteiger partial charge in [0, 0.05) is 37.5 Å². The molecule has 3 rings (SSSR count). The van der Waals surface area contributed by atoms with Crippen molar-refractivity contribution in [1.29, 1.82) is 0 Å². The molecule has 26 heavy (non-hydrogen) atoms. The van der Waals surface area contributed by atoms with E-state index >= 15 is 0 Å². The molecule has 1 saturated carbocycles. The van der Waals surface area contributed by atoms with E-state index in [-0.39, 0.29) is 18.0 Å². The molecule has 2 aliphatic carbocycles. The second-order valence-corrected chi connectivity index (χ2v) is 8.22. The molecule has 1 fully saturated rings. The lowest BCUT2D eigenvalue weighted by molar-refractivity contribution is -0.0979. The summed E-state index contributed by atoms with van der Waals surface area (Å²) in [6.45, 7) is 0. The van der Waals surface area contributed by atoms with E-state index in [0.29, 0.717) is 18.9 Å². The molecule has 0 radical (unpaired) electrons. The Hall–Kier alpha value is -1.46. The first kappa shape index (κ1) is 19.3. The quantitative estimate of drug-likeness (QED) is 0.785. The maximum absolute atomic E-state index is 13.9. The van der Waals surface area contributed by atoms with Crippen molar-refractivity contribution in [2.75, 3.05) is 7.11 Å². The molecule has 0 spiro atoms. The molecule has 0 saturated heterocycles. The van der Waals surface area contributed by atoms with E-state index < -0.39 is 49.8 Å². The van der Waals surface area contributed by atoms with Crippen LogP contribution >= 0.6 is 0 Å². The van der Waals surface area contributed by atoms with Gasteiger partial charge in [-0.1, -0.05) is 0 Å². The van der Waals surface area contributed by atoms with Gasteiger partial charge in [0.15, 0.2) is 0 Å². The van der Waals surface area contributed by atoms with Crippen molar-refractivity contribution in [3.05, 3.63) is 23.3 Å². The Morgan fingerprint density at radius 3 is 2.35 bits per heavy atom. The fourth-order valence-electron chi connectivity index (χ4n) is 3.10. The molecule has 1 N–H and O–H groups in total. The molecule has 1 aromatic carbocycles. The van der Waals surface area contributed by atoms with Gasteiger partial charge < -0.3 is 14.6 Å². The molecular formula is C15H15F5O5S. The summed E-state index contributed by atoms with van der Waals surface area (Å²) < 4.78 is 100. The third-order valence-corrected chi connectivity index (χ3v) is 6.18. The van der Waals surface area contributed by atoms with Crippen LogP contribution in [0.15, 0.2) is 17.0 Å². The van der Waals surface area contributed by atoms with Crippen molar-refractivity contribution in [3.8, 4) is 5.75 Å². The largest absolute Gasteiger partial charge is 0.501 e. The Bertz CT molecular complexity index is 814. The number of hydrogen-bond acceptors (Lipinski definition) is 5. The first-order valence-electron chi connectivity index (χ1n) is 7.61. The predicted molar refractivity (Wildman–Crippen MR) is 77.7 cm³/mol. The molecule has 0 aromatic heterocycles. The van der Waals surface area contributed by atoms with Crippen LogP contribution in [0.3, 0.4) is 0 Å². The third-order valence-electron chi connectivity index (χ3n) is 4.63. The number of alkyl halides is 5. The Balaban J connectivity index is 2.05. The van der Waals surface area contributed by atoms with Gasteiger partial charge in [-0.15, -0.1) is 0 Å². The highest BCUT2D eigenvalue weighted by Gasteiger charge is 2.55. The molecule has 0 heterocycles. The Morgan fingerprint density at radius 2 is 1.81 bits per heavy atom. The monoisotopic (exact) mass is 402 g/mol. The summed E-state index contributed by atoms with van der Waals surface area (Å²) in [5.41, 5.74) is -7.05. The molecule has 1 atom stereocenters. The van der Waals surface area contributed by atoms with Crippen LogP contribution in [-0.4, -0.2) is 44.3 Å². The number of aliphatic hydroxyl groups excluding tert-OH is 1. The van der Waals surface area contributed by atoms with E-state index in [9.17, 15) is 35.5 Å². The van der Waals surface area contributed by atoms with Gasteiger partial charge in [-0.05, 0) is 12.1 Å². The van der Waals surface area contributed by atoms with E-state index in [1.165, 1.54) is 7.11 Å². The molecule has 0 amide bonds. The van der Waals surface area contributed by atoms with Crippen molar-refractivity contribution in [2.45, 2.75) is 53.9 Å². The maximum Gasteiger partial charge on any atom is 0.501 e. The van der Waals surface area contributed by atoms with E-state index in [1.807, 2.05) is 0 Å². The summed E-state index contributed by atoms with van der Waals surface area (Å²) in [6.07, 6.45) is -3.30. The lowest BCUT2D eigenvalue weighted by Crippen LogP contribution is -2.39. The summed E-state index contributed by atoms with van der Waals surface area (Å²) in [5, 5.41) is 9.77. The summed E-state index contributed by atoms with van der Waals surface area (Å²) in [7, 11) is -4.41. The van der Waals surface area contributed by atoms with Crippen molar-refractivity contribution in [1.82, 2.24) is 0 Å². The first-order valence-corrected chi connectivity index (χ1v) is 9.09. The van der Waals surface area contributed by atoms with Gasteiger partial charge in [-0.25, -0.2) is 17.2 Å². The van der Waals surface area contributed by atoms with Gasteiger partial charge in [0.25, 0.3) is 15.8 Å². The Kier molecular flexibility index (Phi) is 4.48. The van der Waals surface area contributed by atoms with Crippen LogP contribution < -0.4 is 4.74 Å². The summed E-state index contributed by atoms with van der Waals surface area (Å²) >= 11 is 0. The second kappa shape index (κ2) is 6.03. The average Bonchev–Trinajstić information content (AvgIpc) is 2.72. The van der Waals surface area contributed by atoms with E-state index in [0.717, 1.165) is 6.07 Å². The highest BCUT2D eigenvalue weighted by molar-refractivity contribution is 7.92. The van der Waals surface area contributed by atoms with E-state index in [4.69, 9.17) is 9.47 Å². The SMILES string of the molecule is CO[C@H]1C[C@H](Oc2ccc(S(=O)(=O)C(F)(F)F)c3c2CC(F)(F)[C@H]3O)C1. The number of ether oxygens (including phenoxy) is 2. The van der Waals surface area contributed by atoms with E-state index in [2.05, 4.69) is 0 Å². The minimum atomic E-state index is -5.90. The van der Waals surface area contributed by atoms with Crippen LogP contribution in [0.1, 0.15) is 30.1 Å². The molecule has 0 bridgehead atoms. The molecule has 11 heteroatoms.